The van der Waals surface area contributed by atoms with Gasteiger partial charge in [0.25, 0.3) is 0 Å². The molecule has 0 atom stereocenters. The second-order valence-corrected chi connectivity index (χ2v) is 13.5. The Bertz CT molecular complexity index is 1400. The Hall–Kier alpha value is -4.76. The SMILES string of the molecule is COc1ccc(N)c(NC2CCN(C(=O)OC(C)(C)C)CC2)n1.COc1ccc([N+](=O)[O-])c(NC2CCN(C(=O)OC(C)(C)C)CC2)n1. The van der Waals surface area contributed by atoms with Crippen molar-refractivity contribution in [2.45, 2.75) is 90.5 Å². The summed E-state index contributed by atoms with van der Waals surface area (Å²) in [6.45, 7) is 13.4. The molecule has 4 rings (SSSR count). The maximum atomic E-state index is 12.1. The van der Waals surface area contributed by atoms with Crippen molar-refractivity contribution in [2.24, 2.45) is 0 Å². The highest BCUT2D eigenvalue weighted by molar-refractivity contribution is 5.69. The van der Waals surface area contributed by atoms with E-state index in [-0.39, 0.29) is 35.8 Å². The highest BCUT2D eigenvalue weighted by Gasteiger charge is 2.29. The number of pyridine rings is 2. The Kier molecular flexibility index (Phi) is 12.9. The van der Waals surface area contributed by atoms with Crippen molar-refractivity contribution in [3.05, 3.63) is 34.4 Å². The van der Waals surface area contributed by atoms with Crippen molar-refractivity contribution in [3.63, 3.8) is 0 Å². The molecule has 16 nitrogen and oxygen atoms in total. The van der Waals surface area contributed by atoms with Crippen molar-refractivity contribution < 1.29 is 33.5 Å². The monoisotopic (exact) mass is 674 g/mol. The normalized spacial score (nSPS) is 15.8. The number of rotatable bonds is 7. The molecule has 16 heteroatoms. The minimum Gasteiger partial charge on any atom is -0.481 e. The van der Waals surface area contributed by atoms with Gasteiger partial charge in [-0.25, -0.2) is 9.59 Å². The molecule has 4 heterocycles. The number of likely N-dealkylation sites (tertiary alicyclic amines) is 2. The van der Waals surface area contributed by atoms with E-state index in [1.54, 1.807) is 29.0 Å². The molecule has 4 N–H and O–H groups in total. The van der Waals surface area contributed by atoms with E-state index >= 15 is 0 Å². The third-order valence-corrected chi connectivity index (χ3v) is 7.34. The molecule has 266 valence electrons. The van der Waals surface area contributed by atoms with Crippen molar-refractivity contribution in [1.29, 1.82) is 0 Å². The zero-order chi connectivity index (χ0) is 35.6. The van der Waals surface area contributed by atoms with Gasteiger partial charge >= 0.3 is 17.9 Å². The fraction of sp³-hybridized carbons (Fsp3) is 0.625. The summed E-state index contributed by atoms with van der Waals surface area (Å²) in [5.74, 6) is 1.63. The van der Waals surface area contributed by atoms with Crippen LogP contribution in [0.25, 0.3) is 0 Å². The quantitative estimate of drug-likeness (QED) is 0.253. The molecule has 0 saturated carbocycles. The number of nitrogen functional groups attached to an aromatic ring is 1. The number of nitro groups is 1. The second kappa shape index (κ2) is 16.4. The molecule has 0 bridgehead atoms. The minimum atomic E-state index is -0.530. The Labute approximate surface area is 281 Å². The number of nitrogens with two attached hydrogens (primary N) is 1. The van der Waals surface area contributed by atoms with Gasteiger partial charge in [-0.15, -0.1) is 0 Å². The van der Waals surface area contributed by atoms with Gasteiger partial charge < -0.3 is 45.1 Å². The van der Waals surface area contributed by atoms with Crippen LogP contribution in [-0.4, -0.2) is 101 Å². The van der Waals surface area contributed by atoms with Crippen LogP contribution in [0.4, 0.5) is 32.6 Å². The van der Waals surface area contributed by atoms with Gasteiger partial charge in [0.1, 0.15) is 11.2 Å². The summed E-state index contributed by atoms with van der Waals surface area (Å²) in [7, 11) is 3.03. The van der Waals surface area contributed by atoms with Crippen molar-refractivity contribution in [1.82, 2.24) is 19.8 Å². The molecule has 2 saturated heterocycles. The molecule has 0 aromatic carbocycles. The van der Waals surface area contributed by atoms with Crippen LogP contribution in [-0.2, 0) is 9.47 Å². The van der Waals surface area contributed by atoms with Crippen LogP contribution in [0.3, 0.4) is 0 Å². The third kappa shape index (κ3) is 11.8. The Morgan fingerprint density at radius 3 is 1.56 bits per heavy atom. The molecule has 2 aromatic heterocycles. The number of amides is 2. The first-order chi connectivity index (χ1) is 22.5. The average molecular weight is 675 g/mol. The predicted molar refractivity (Wildman–Crippen MR) is 182 cm³/mol. The van der Waals surface area contributed by atoms with Crippen LogP contribution in [0.5, 0.6) is 11.8 Å². The fourth-order valence-corrected chi connectivity index (χ4v) is 4.93. The van der Waals surface area contributed by atoms with Crippen LogP contribution in [0.15, 0.2) is 24.3 Å². The topological polar surface area (TPSA) is 197 Å². The number of piperidine rings is 2. The number of ether oxygens (including phenoxy) is 4. The molecule has 2 fully saturated rings. The maximum Gasteiger partial charge on any atom is 0.410 e. The van der Waals surface area contributed by atoms with Crippen molar-refractivity contribution >= 4 is 35.2 Å². The number of hydrogen-bond acceptors (Lipinski definition) is 13. The van der Waals surface area contributed by atoms with E-state index in [2.05, 4.69) is 20.6 Å². The Balaban J connectivity index is 0.000000261. The number of methoxy groups -OCH3 is 2. The first-order valence-corrected chi connectivity index (χ1v) is 16.0. The lowest BCUT2D eigenvalue weighted by molar-refractivity contribution is -0.384. The second-order valence-electron chi connectivity index (χ2n) is 13.5. The lowest BCUT2D eigenvalue weighted by Crippen LogP contribution is -2.44. The van der Waals surface area contributed by atoms with Gasteiger partial charge in [-0.1, -0.05) is 0 Å². The van der Waals surface area contributed by atoms with E-state index in [1.807, 2.05) is 41.5 Å². The van der Waals surface area contributed by atoms with Crippen LogP contribution < -0.4 is 25.8 Å². The highest BCUT2D eigenvalue weighted by Crippen LogP contribution is 2.28. The molecule has 48 heavy (non-hydrogen) atoms. The van der Waals surface area contributed by atoms with E-state index < -0.39 is 16.1 Å². The van der Waals surface area contributed by atoms with Crippen LogP contribution >= 0.6 is 0 Å². The summed E-state index contributed by atoms with van der Waals surface area (Å²) in [4.78, 5) is 46.6. The van der Waals surface area contributed by atoms with E-state index in [0.717, 1.165) is 12.8 Å². The summed E-state index contributed by atoms with van der Waals surface area (Å²) in [5, 5.41) is 17.6. The van der Waals surface area contributed by atoms with Crippen molar-refractivity contribution in [2.75, 3.05) is 56.8 Å². The first-order valence-electron chi connectivity index (χ1n) is 16.0. The molecule has 0 unspecified atom stereocenters. The summed E-state index contributed by atoms with van der Waals surface area (Å²) < 4.78 is 20.9. The number of carbonyl (C=O) groups is 2. The number of nitrogens with zero attached hydrogens (tertiary/aromatic N) is 5. The first kappa shape index (κ1) is 37.7. The van der Waals surface area contributed by atoms with Gasteiger partial charge in [0, 0.05) is 56.5 Å². The predicted octanol–water partition coefficient (Wildman–Crippen LogP) is 5.29. The van der Waals surface area contributed by atoms with Gasteiger partial charge in [0.15, 0.2) is 5.82 Å². The number of nitrogens with one attached hydrogen (secondary N) is 2. The minimum absolute atomic E-state index is 0.0167. The molecule has 0 aliphatic carbocycles. The molecule has 2 amide bonds. The standard InChI is InChI=1S/C16H24N4O5.C16H26N4O3/c1-16(2,3)25-15(21)19-9-7-11(8-10-19)17-14-12(20(22)23)5-6-13(18-14)24-4;1-16(2,3)23-15(21)20-9-7-11(8-10-20)18-14-12(17)5-6-13(19-14)22-4/h5-6,11H,7-10H2,1-4H3,(H,17,18);5-6,11H,7-10,17H2,1-4H3,(H,18,19). The van der Waals surface area contributed by atoms with Gasteiger partial charge in [0.05, 0.1) is 24.8 Å². The summed E-state index contributed by atoms with van der Waals surface area (Å²) in [5.41, 5.74) is 5.43. The molecule has 0 radical (unpaired) electrons. The number of carbonyl (C=O) groups excluding carboxylic acids is 2. The molecule has 0 spiro atoms. The van der Waals surface area contributed by atoms with Crippen LogP contribution in [0, 0.1) is 10.1 Å². The van der Waals surface area contributed by atoms with E-state index in [0.29, 0.717) is 62.3 Å². The molecule has 2 aliphatic heterocycles. The number of anilines is 3. The molecule has 2 aromatic rings. The van der Waals surface area contributed by atoms with Gasteiger partial charge in [-0.05, 0) is 73.3 Å². The zero-order valence-electron chi connectivity index (χ0n) is 29.2. The number of aromatic nitrogens is 2. The van der Waals surface area contributed by atoms with Crippen LogP contribution in [0.2, 0.25) is 0 Å². The van der Waals surface area contributed by atoms with E-state index in [4.69, 9.17) is 24.7 Å². The van der Waals surface area contributed by atoms with Crippen LogP contribution in [0.1, 0.15) is 67.2 Å². The fourth-order valence-electron chi connectivity index (χ4n) is 4.93. The average Bonchev–Trinajstić information content (AvgIpc) is 3.01. The van der Waals surface area contributed by atoms with Gasteiger partial charge in [0.2, 0.25) is 17.6 Å². The summed E-state index contributed by atoms with van der Waals surface area (Å²) in [6, 6.07) is 6.51. The van der Waals surface area contributed by atoms with Gasteiger partial charge in [-0.3, -0.25) is 10.1 Å². The Morgan fingerprint density at radius 1 is 0.771 bits per heavy atom. The smallest absolute Gasteiger partial charge is 0.410 e. The summed E-state index contributed by atoms with van der Waals surface area (Å²) >= 11 is 0. The molecular weight excluding hydrogens is 624 g/mol. The van der Waals surface area contributed by atoms with E-state index in [1.165, 1.54) is 19.2 Å². The number of hydrogen-bond donors (Lipinski definition) is 3. The largest absolute Gasteiger partial charge is 0.481 e. The zero-order valence-corrected chi connectivity index (χ0v) is 29.2. The Morgan fingerprint density at radius 2 is 1.17 bits per heavy atom. The third-order valence-electron chi connectivity index (χ3n) is 7.34. The van der Waals surface area contributed by atoms with Crippen molar-refractivity contribution in [3.8, 4) is 11.8 Å². The lowest BCUT2D eigenvalue weighted by atomic mass is 10.1. The van der Waals surface area contributed by atoms with E-state index in [9.17, 15) is 19.7 Å². The maximum absolute atomic E-state index is 12.1. The lowest BCUT2D eigenvalue weighted by Gasteiger charge is -2.34. The highest BCUT2D eigenvalue weighted by atomic mass is 16.6. The molecule has 2 aliphatic rings. The van der Waals surface area contributed by atoms with Gasteiger partial charge in [-0.2, -0.15) is 9.97 Å². The molecular formula is C32H50N8O8. The summed E-state index contributed by atoms with van der Waals surface area (Å²) in [6.07, 6.45) is 2.34.